The van der Waals surface area contributed by atoms with E-state index in [1.807, 2.05) is 36.4 Å². The van der Waals surface area contributed by atoms with E-state index in [0.717, 1.165) is 11.1 Å². The van der Waals surface area contributed by atoms with Crippen molar-refractivity contribution in [1.82, 2.24) is 9.62 Å². The highest BCUT2D eigenvalue weighted by molar-refractivity contribution is 7.89. The summed E-state index contributed by atoms with van der Waals surface area (Å²) in [5.74, 6) is 0. The summed E-state index contributed by atoms with van der Waals surface area (Å²) in [6, 6.07) is 14.5. The molecule has 3 rings (SSSR count). The van der Waals surface area contributed by atoms with Gasteiger partial charge < -0.3 is 11.1 Å². The minimum atomic E-state index is -3.39. The fourth-order valence-corrected chi connectivity index (χ4v) is 3.97. The van der Waals surface area contributed by atoms with E-state index in [1.165, 1.54) is 4.31 Å². The number of nitrogen functional groups attached to an aromatic ring is 1. The lowest BCUT2D eigenvalue weighted by molar-refractivity contribution is 0.360. The second-order valence-corrected chi connectivity index (χ2v) is 7.24. The Balaban J connectivity index is 1.86. The van der Waals surface area contributed by atoms with E-state index in [4.69, 9.17) is 5.73 Å². The molecule has 1 aliphatic heterocycles. The van der Waals surface area contributed by atoms with E-state index in [1.54, 1.807) is 12.1 Å². The van der Waals surface area contributed by atoms with Crippen LogP contribution in [0, 0.1) is 0 Å². The third kappa shape index (κ3) is 2.99. The van der Waals surface area contributed by atoms with E-state index < -0.39 is 10.0 Å². The van der Waals surface area contributed by atoms with Crippen LogP contribution in [-0.2, 0) is 10.0 Å². The Morgan fingerprint density at radius 1 is 0.864 bits per heavy atom. The summed E-state index contributed by atoms with van der Waals surface area (Å²) in [4.78, 5) is 0.341. The molecule has 5 nitrogen and oxygen atoms in total. The Morgan fingerprint density at radius 2 is 1.36 bits per heavy atom. The lowest BCUT2D eigenvalue weighted by Gasteiger charge is -2.26. The molecule has 116 valence electrons. The molecule has 6 heteroatoms. The highest BCUT2D eigenvalue weighted by atomic mass is 32.2. The first-order valence-electron chi connectivity index (χ1n) is 7.24. The smallest absolute Gasteiger partial charge is 0.243 e. The van der Waals surface area contributed by atoms with Crippen LogP contribution in [0.25, 0.3) is 11.1 Å². The minimum absolute atomic E-state index is 0.341. The number of nitrogens with two attached hydrogens (primary N) is 1. The van der Waals surface area contributed by atoms with Gasteiger partial charge in [-0.15, -0.1) is 0 Å². The number of benzene rings is 2. The monoisotopic (exact) mass is 317 g/mol. The predicted molar refractivity (Wildman–Crippen MR) is 87.9 cm³/mol. The SMILES string of the molecule is Nc1ccc(-c2ccc(S(=O)(=O)N3CCNCC3)cc2)cc1. The highest BCUT2D eigenvalue weighted by Gasteiger charge is 2.25. The first kappa shape index (κ1) is 15.0. The van der Waals surface area contributed by atoms with Crippen molar-refractivity contribution in [2.45, 2.75) is 4.90 Å². The summed E-state index contributed by atoms with van der Waals surface area (Å²) < 4.78 is 26.7. The quantitative estimate of drug-likeness (QED) is 0.842. The van der Waals surface area contributed by atoms with Crippen LogP contribution in [0.1, 0.15) is 0 Å². The maximum atomic E-state index is 12.6. The number of nitrogens with zero attached hydrogens (tertiary/aromatic N) is 1. The van der Waals surface area contributed by atoms with E-state index in [-0.39, 0.29) is 0 Å². The van der Waals surface area contributed by atoms with Crippen LogP contribution in [-0.4, -0.2) is 38.9 Å². The first-order chi connectivity index (χ1) is 10.6. The van der Waals surface area contributed by atoms with Crippen molar-refractivity contribution in [2.24, 2.45) is 0 Å². The van der Waals surface area contributed by atoms with Crippen LogP contribution < -0.4 is 11.1 Å². The van der Waals surface area contributed by atoms with Gasteiger partial charge in [-0.2, -0.15) is 4.31 Å². The van der Waals surface area contributed by atoms with Crippen LogP contribution in [0.4, 0.5) is 5.69 Å². The molecule has 0 aromatic heterocycles. The molecule has 3 N–H and O–H groups in total. The predicted octanol–water partition coefficient (Wildman–Crippen LogP) is 1.53. The van der Waals surface area contributed by atoms with Gasteiger partial charge in [0.1, 0.15) is 0 Å². The van der Waals surface area contributed by atoms with Crippen LogP contribution >= 0.6 is 0 Å². The second-order valence-electron chi connectivity index (χ2n) is 5.30. The number of hydrogen-bond acceptors (Lipinski definition) is 4. The molecule has 1 fully saturated rings. The van der Waals surface area contributed by atoms with Crippen LogP contribution in [0.5, 0.6) is 0 Å². The van der Waals surface area contributed by atoms with Gasteiger partial charge in [-0.05, 0) is 35.4 Å². The number of piperazine rings is 1. The van der Waals surface area contributed by atoms with E-state index in [9.17, 15) is 8.42 Å². The number of anilines is 1. The Bertz CT molecular complexity index is 734. The third-order valence-corrected chi connectivity index (χ3v) is 5.72. The Morgan fingerprint density at radius 3 is 1.91 bits per heavy atom. The maximum absolute atomic E-state index is 12.6. The largest absolute Gasteiger partial charge is 0.399 e. The summed E-state index contributed by atoms with van der Waals surface area (Å²) >= 11 is 0. The number of hydrogen-bond donors (Lipinski definition) is 2. The number of sulfonamides is 1. The summed E-state index contributed by atoms with van der Waals surface area (Å²) in [6.07, 6.45) is 0. The normalized spacial score (nSPS) is 16.5. The molecule has 2 aromatic carbocycles. The fourth-order valence-electron chi connectivity index (χ4n) is 2.53. The molecule has 0 amide bonds. The van der Waals surface area contributed by atoms with Crippen molar-refractivity contribution in [3.8, 4) is 11.1 Å². The van der Waals surface area contributed by atoms with Crippen LogP contribution in [0.2, 0.25) is 0 Å². The molecule has 0 radical (unpaired) electrons. The van der Waals surface area contributed by atoms with Gasteiger partial charge in [-0.1, -0.05) is 24.3 Å². The molecular formula is C16H19N3O2S. The van der Waals surface area contributed by atoms with Gasteiger partial charge in [0.05, 0.1) is 4.90 Å². The first-order valence-corrected chi connectivity index (χ1v) is 8.68. The summed E-state index contributed by atoms with van der Waals surface area (Å²) in [6.45, 7) is 2.43. The summed E-state index contributed by atoms with van der Waals surface area (Å²) in [5, 5.41) is 3.16. The van der Waals surface area contributed by atoms with Gasteiger partial charge in [0.15, 0.2) is 0 Å². The maximum Gasteiger partial charge on any atom is 0.243 e. The molecule has 0 spiro atoms. The molecule has 0 atom stereocenters. The molecular weight excluding hydrogens is 298 g/mol. The summed E-state index contributed by atoms with van der Waals surface area (Å²) in [5.41, 5.74) is 8.37. The van der Waals surface area contributed by atoms with E-state index >= 15 is 0 Å². The van der Waals surface area contributed by atoms with E-state index in [0.29, 0.717) is 36.8 Å². The minimum Gasteiger partial charge on any atom is -0.399 e. The molecule has 0 bridgehead atoms. The van der Waals surface area contributed by atoms with Gasteiger partial charge in [-0.25, -0.2) is 8.42 Å². The van der Waals surface area contributed by atoms with Gasteiger partial charge in [0.2, 0.25) is 10.0 Å². The zero-order valence-electron chi connectivity index (χ0n) is 12.2. The molecule has 0 aliphatic carbocycles. The lowest BCUT2D eigenvalue weighted by Crippen LogP contribution is -2.46. The molecule has 1 saturated heterocycles. The lowest BCUT2D eigenvalue weighted by atomic mass is 10.1. The molecule has 1 heterocycles. The summed E-state index contributed by atoms with van der Waals surface area (Å²) in [7, 11) is -3.39. The van der Waals surface area contributed by atoms with Crippen molar-refractivity contribution in [1.29, 1.82) is 0 Å². The topological polar surface area (TPSA) is 75.4 Å². The van der Waals surface area contributed by atoms with Gasteiger partial charge in [-0.3, -0.25) is 0 Å². The highest BCUT2D eigenvalue weighted by Crippen LogP contribution is 2.24. The van der Waals surface area contributed by atoms with E-state index in [2.05, 4.69) is 5.32 Å². The Hall–Kier alpha value is -1.89. The van der Waals surface area contributed by atoms with Gasteiger partial charge in [0, 0.05) is 31.9 Å². The van der Waals surface area contributed by atoms with Crippen molar-refractivity contribution >= 4 is 15.7 Å². The average molecular weight is 317 g/mol. The van der Waals surface area contributed by atoms with Crippen molar-refractivity contribution in [3.05, 3.63) is 48.5 Å². The van der Waals surface area contributed by atoms with Crippen molar-refractivity contribution in [2.75, 3.05) is 31.9 Å². The standard InChI is InChI=1S/C16H19N3O2S/c17-15-5-1-13(2-6-15)14-3-7-16(8-4-14)22(20,21)19-11-9-18-10-12-19/h1-8,18H,9-12,17H2. The molecule has 1 aliphatic rings. The van der Waals surface area contributed by atoms with Crippen molar-refractivity contribution < 1.29 is 8.42 Å². The number of rotatable bonds is 3. The number of nitrogens with one attached hydrogen (secondary N) is 1. The van der Waals surface area contributed by atoms with Crippen LogP contribution in [0.3, 0.4) is 0 Å². The second kappa shape index (κ2) is 6.08. The molecule has 22 heavy (non-hydrogen) atoms. The van der Waals surface area contributed by atoms with Gasteiger partial charge in [0.25, 0.3) is 0 Å². The zero-order valence-corrected chi connectivity index (χ0v) is 13.0. The molecule has 2 aromatic rings. The van der Waals surface area contributed by atoms with Crippen molar-refractivity contribution in [3.63, 3.8) is 0 Å². The Labute approximate surface area is 130 Å². The fraction of sp³-hybridized carbons (Fsp3) is 0.250. The Kier molecular flexibility index (Phi) is 4.15. The molecule has 0 unspecified atom stereocenters. The zero-order chi connectivity index (χ0) is 15.6. The molecule has 0 saturated carbocycles. The van der Waals surface area contributed by atoms with Gasteiger partial charge >= 0.3 is 0 Å². The third-order valence-electron chi connectivity index (χ3n) is 3.81. The van der Waals surface area contributed by atoms with Crippen LogP contribution in [0.15, 0.2) is 53.4 Å². The average Bonchev–Trinajstić information content (AvgIpc) is 2.56.